The van der Waals surface area contributed by atoms with Gasteiger partial charge >= 0.3 is 0 Å². The quantitative estimate of drug-likeness (QED) is 0.576. The zero-order valence-electron chi connectivity index (χ0n) is 10.1. The smallest absolute Gasteiger partial charge is 0.220 e. The largest absolute Gasteiger partial charge is 0.369 e. The topological polar surface area (TPSA) is 79.8 Å². The number of nitrogens with zero attached hydrogens (tertiary/aromatic N) is 1. The molecule has 1 saturated carbocycles. The van der Waals surface area contributed by atoms with Gasteiger partial charge in [-0.3, -0.25) is 9.78 Å². The van der Waals surface area contributed by atoms with E-state index in [9.17, 15) is 4.79 Å². The fourth-order valence-corrected chi connectivity index (χ4v) is 2.76. The first kappa shape index (κ1) is 13.1. The normalized spacial score (nSPS) is 23.6. The molecule has 96 valence electrons. The SMILES string of the molecule is N=C(c1ccncc1S)C1CCC(C(N)=O)CC1. The summed E-state index contributed by atoms with van der Waals surface area (Å²) in [5.74, 6) is -0.0189. The Morgan fingerprint density at radius 3 is 2.50 bits per heavy atom. The first-order valence-corrected chi connectivity index (χ1v) is 6.55. The Balaban J connectivity index is 2.04. The summed E-state index contributed by atoms with van der Waals surface area (Å²) in [5.41, 5.74) is 6.76. The van der Waals surface area contributed by atoms with E-state index >= 15 is 0 Å². The molecule has 0 aromatic carbocycles. The molecule has 0 radical (unpaired) electrons. The number of carbonyl (C=O) groups excluding carboxylic acids is 1. The van der Waals surface area contributed by atoms with Crippen molar-refractivity contribution in [2.45, 2.75) is 30.6 Å². The maximum Gasteiger partial charge on any atom is 0.220 e. The van der Waals surface area contributed by atoms with Crippen LogP contribution in [0.2, 0.25) is 0 Å². The Kier molecular flexibility index (Phi) is 4.01. The number of thiol groups is 1. The highest BCUT2D eigenvalue weighted by molar-refractivity contribution is 7.80. The minimum atomic E-state index is -0.209. The molecule has 3 N–H and O–H groups in total. The number of carbonyl (C=O) groups is 1. The Bertz CT molecular complexity index is 467. The number of pyridine rings is 1. The van der Waals surface area contributed by atoms with Crippen molar-refractivity contribution in [3.63, 3.8) is 0 Å². The number of nitrogens with two attached hydrogens (primary N) is 1. The van der Waals surface area contributed by atoms with Crippen molar-refractivity contribution in [3.8, 4) is 0 Å². The highest BCUT2D eigenvalue weighted by Gasteiger charge is 2.27. The second-order valence-corrected chi connectivity index (χ2v) is 5.24. The van der Waals surface area contributed by atoms with Crippen molar-refractivity contribution in [2.24, 2.45) is 17.6 Å². The van der Waals surface area contributed by atoms with Crippen molar-refractivity contribution in [1.29, 1.82) is 5.41 Å². The first-order chi connectivity index (χ1) is 8.59. The summed E-state index contributed by atoms with van der Waals surface area (Å²) in [7, 11) is 0. The molecule has 1 aromatic rings. The summed E-state index contributed by atoms with van der Waals surface area (Å²) in [6.07, 6.45) is 6.61. The molecule has 0 unspecified atom stereocenters. The van der Waals surface area contributed by atoms with Gasteiger partial charge in [-0.15, -0.1) is 12.6 Å². The van der Waals surface area contributed by atoms with E-state index < -0.39 is 0 Å². The van der Waals surface area contributed by atoms with Crippen LogP contribution >= 0.6 is 12.6 Å². The Morgan fingerprint density at radius 1 is 1.33 bits per heavy atom. The van der Waals surface area contributed by atoms with Gasteiger partial charge in [-0.2, -0.15) is 0 Å². The second-order valence-electron chi connectivity index (χ2n) is 4.76. The van der Waals surface area contributed by atoms with Gasteiger partial charge in [0.1, 0.15) is 0 Å². The van der Waals surface area contributed by atoms with Gasteiger partial charge in [-0.25, -0.2) is 0 Å². The van der Waals surface area contributed by atoms with E-state index in [1.165, 1.54) is 0 Å². The number of amides is 1. The van der Waals surface area contributed by atoms with Crippen LogP contribution in [0.1, 0.15) is 31.2 Å². The maximum absolute atomic E-state index is 11.1. The number of rotatable bonds is 3. The maximum atomic E-state index is 11.1. The molecule has 1 aliphatic rings. The van der Waals surface area contributed by atoms with Gasteiger partial charge in [0.25, 0.3) is 0 Å². The van der Waals surface area contributed by atoms with Gasteiger partial charge in [0.05, 0.1) is 0 Å². The van der Waals surface area contributed by atoms with E-state index in [1.54, 1.807) is 12.4 Å². The van der Waals surface area contributed by atoms with E-state index in [0.29, 0.717) is 5.71 Å². The van der Waals surface area contributed by atoms with Crippen LogP contribution < -0.4 is 5.73 Å². The van der Waals surface area contributed by atoms with Crippen LogP contribution in [0.5, 0.6) is 0 Å². The van der Waals surface area contributed by atoms with E-state index in [1.807, 2.05) is 6.07 Å². The molecular formula is C13H17N3OS. The fraction of sp³-hybridized carbons (Fsp3) is 0.462. The predicted octanol–water partition coefficient (Wildman–Crippen LogP) is 2.03. The average molecular weight is 263 g/mol. The molecule has 2 rings (SSSR count). The van der Waals surface area contributed by atoms with Crippen LogP contribution in [0.15, 0.2) is 23.4 Å². The zero-order chi connectivity index (χ0) is 13.1. The number of hydrogen-bond acceptors (Lipinski definition) is 4. The molecule has 5 heteroatoms. The summed E-state index contributed by atoms with van der Waals surface area (Å²) in [4.78, 5) is 15.8. The van der Waals surface area contributed by atoms with Crippen molar-refractivity contribution in [1.82, 2.24) is 4.98 Å². The summed E-state index contributed by atoms with van der Waals surface area (Å²) >= 11 is 4.33. The highest BCUT2D eigenvalue weighted by atomic mass is 32.1. The lowest BCUT2D eigenvalue weighted by Crippen LogP contribution is -2.30. The number of aromatic nitrogens is 1. The van der Waals surface area contributed by atoms with Crippen molar-refractivity contribution >= 4 is 24.2 Å². The molecule has 0 aliphatic heterocycles. The molecule has 0 bridgehead atoms. The first-order valence-electron chi connectivity index (χ1n) is 6.10. The second kappa shape index (κ2) is 5.52. The molecule has 4 nitrogen and oxygen atoms in total. The third-order valence-electron chi connectivity index (χ3n) is 3.63. The Hall–Kier alpha value is -1.36. The number of hydrogen-bond donors (Lipinski definition) is 3. The Labute approximate surface area is 112 Å². The lowest BCUT2D eigenvalue weighted by Gasteiger charge is -2.27. The summed E-state index contributed by atoms with van der Waals surface area (Å²) < 4.78 is 0. The van der Waals surface area contributed by atoms with Gasteiger partial charge in [0.15, 0.2) is 0 Å². The van der Waals surface area contributed by atoms with Crippen LogP contribution in [0, 0.1) is 17.2 Å². The third kappa shape index (κ3) is 2.72. The monoisotopic (exact) mass is 263 g/mol. The molecule has 1 aromatic heterocycles. The van der Waals surface area contributed by atoms with Crippen molar-refractivity contribution in [2.75, 3.05) is 0 Å². The predicted molar refractivity (Wildman–Crippen MR) is 73.0 cm³/mol. The minimum Gasteiger partial charge on any atom is -0.369 e. The standard InChI is InChI=1S/C13H17N3OS/c14-12(10-5-6-16-7-11(10)18)8-1-3-9(4-2-8)13(15)17/h5-9,14,18H,1-4H2,(H2,15,17). The van der Waals surface area contributed by atoms with Crippen molar-refractivity contribution in [3.05, 3.63) is 24.0 Å². The van der Waals surface area contributed by atoms with Gasteiger partial charge < -0.3 is 11.1 Å². The van der Waals surface area contributed by atoms with Gasteiger partial charge in [0.2, 0.25) is 5.91 Å². The van der Waals surface area contributed by atoms with E-state index in [-0.39, 0.29) is 17.7 Å². The molecule has 18 heavy (non-hydrogen) atoms. The molecule has 1 amide bonds. The molecule has 1 aliphatic carbocycles. The third-order valence-corrected chi connectivity index (χ3v) is 3.98. The van der Waals surface area contributed by atoms with E-state index in [4.69, 9.17) is 11.1 Å². The molecule has 0 spiro atoms. The minimum absolute atomic E-state index is 0.0121. The van der Waals surface area contributed by atoms with E-state index in [0.717, 1.165) is 36.1 Å². The lowest BCUT2D eigenvalue weighted by atomic mass is 9.78. The van der Waals surface area contributed by atoms with Gasteiger partial charge in [-0.1, -0.05) is 0 Å². The van der Waals surface area contributed by atoms with E-state index in [2.05, 4.69) is 17.6 Å². The molecule has 1 heterocycles. The summed E-state index contributed by atoms with van der Waals surface area (Å²) in [6.45, 7) is 0. The zero-order valence-corrected chi connectivity index (χ0v) is 11.0. The summed E-state index contributed by atoms with van der Waals surface area (Å²) in [6, 6.07) is 1.82. The molecular weight excluding hydrogens is 246 g/mol. The fourth-order valence-electron chi connectivity index (χ4n) is 2.50. The molecule has 1 fully saturated rings. The lowest BCUT2D eigenvalue weighted by molar-refractivity contribution is -0.122. The Morgan fingerprint density at radius 2 is 1.94 bits per heavy atom. The van der Waals surface area contributed by atoms with Crippen LogP contribution in [0.3, 0.4) is 0 Å². The molecule has 0 atom stereocenters. The number of nitrogens with one attached hydrogen (secondary N) is 1. The average Bonchev–Trinajstić information content (AvgIpc) is 2.38. The van der Waals surface area contributed by atoms with Crippen molar-refractivity contribution < 1.29 is 4.79 Å². The summed E-state index contributed by atoms with van der Waals surface area (Å²) in [5, 5.41) is 8.25. The van der Waals surface area contributed by atoms with Gasteiger partial charge in [0, 0.05) is 40.4 Å². The van der Waals surface area contributed by atoms with Gasteiger partial charge in [-0.05, 0) is 31.7 Å². The number of primary amides is 1. The van der Waals surface area contributed by atoms with Crippen LogP contribution in [0.4, 0.5) is 0 Å². The highest BCUT2D eigenvalue weighted by Crippen LogP contribution is 2.31. The molecule has 0 saturated heterocycles. The van der Waals surface area contributed by atoms with Crippen LogP contribution in [0.25, 0.3) is 0 Å². The van der Waals surface area contributed by atoms with Crippen LogP contribution in [-0.2, 0) is 4.79 Å². The van der Waals surface area contributed by atoms with Crippen LogP contribution in [-0.4, -0.2) is 16.6 Å².